The van der Waals surface area contributed by atoms with Gasteiger partial charge in [0, 0.05) is 36.9 Å². The molecule has 2 fully saturated rings. The number of pyridine rings is 2. The molecule has 180 valence electrons. The first-order chi connectivity index (χ1) is 17.6. The lowest BCUT2D eigenvalue weighted by atomic mass is 9.99. The molecule has 0 spiro atoms. The molecule has 2 atom stereocenters. The number of hydrogen-bond acceptors (Lipinski definition) is 8. The van der Waals surface area contributed by atoms with E-state index in [-0.39, 0.29) is 0 Å². The maximum atomic E-state index is 6.41. The Morgan fingerprint density at radius 2 is 1.86 bits per heavy atom. The number of nitrogens with zero attached hydrogens (tertiary/aromatic N) is 7. The number of nitrogens with one attached hydrogen (secondary N) is 1. The number of fused-ring (bicyclic) bond motifs is 4. The highest BCUT2D eigenvalue weighted by atomic mass is 15.3. The van der Waals surface area contributed by atoms with E-state index in [1.54, 1.807) is 10.8 Å². The molecule has 5 aromatic rings. The van der Waals surface area contributed by atoms with Gasteiger partial charge in [0.05, 0.1) is 5.52 Å². The molecule has 3 N–H and O–H groups in total. The van der Waals surface area contributed by atoms with Crippen LogP contribution in [0, 0.1) is 6.92 Å². The summed E-state index contributed by atoms with van der Waals surface area (Å²) in [6.07, 6.45) is 6.80. The largest absolute Gasteiger partial charge is 0.382 e. The molecule has 2 aliphatic heterocycles. The van der Waals surface area contributed by atoms with Gasteiger partial charge in [0.1, 0.15) is 17.7 Å². The average molecular weight is 478 g/mol. The smallest absolute Gasteiger partial charge is 0.162 e. The van der Waals surface area contributed by atoms with Crippen molar-refractivity contribution < 1.29 is 0 Å². The van der Waals surface area contributed by atoms with Crippen LogP contribution in [0.25, 0.3) is 28.1 Å². The van der Waals surface area contributed by atoms with Gasteiger partial charge in [0.15, 0.2) is 17.3 Å². The number of nitrogen functional groups attached to an aromatic ring is 1. The van der Waals surface area contributed by atoms with Crippen molar-refractivity contribution in [3.8, 4) is 11.4 Å². The van der Waals surface area contributed by atoms with Gasteiger partial charge in [0.2, 0.25) is 0 Å². The molecule has 36 heavy (non-hydrogen) atoms. The van der Waals surface area contributed by atoms with Crippen LogP contribution in [0.15, 0.2) is 55.0 Å². The van der Waals surface area contributed by atoms with E-state index < -0.39 is 0 Å². The molecular formula is C27H27N9. The fourth-order valence-electron chi connectivity index (χ4n) is 5.54. The Morgan fingerprint density at radius 3 is 2.69 bits per heavy atom. The second kappa shape index (κ2) is 8.23. The van der Waals surface area contributed by atoms with Crippen molar-refractivity contribution >= 4 is 28.3 Å². The Labute approximate surface area is 208 Å². The lowest BCUT2D eigenvalue weighted by Gasteiger charge is -2.33. The van der Waals surface area contributed by atoms with E-state index in [9.17, 15) is 0 Å². The van der Waals surface area contributed by atoms with Crippen molar-refractivity contribution in [2.45, 2.75) is 38.3 Å². The van der Waals surface area contributed by atoms with Crippen LogP contribution < -0.4 is 16.0 Å². The van der Waals surface area contributed by atoms with E-state index in [1.165, 1.54) is 29.5 Å². The predicted molar refractivity (Wildman–Crippen MR) is 140 cm³/mol. The Bertz CT molecular complexity index is 1600. The van der Waals surface area contributed by atoms with Gasteiger partial charge in [-0.2, -0.15) is 5.10 Å². The number of hydrogen-bond donors (Lipinski definition) is 2. The van der Waals surface area contributed by atoms with E-state index in [2.05, 4.69) is 68.6 Å². The maximum absolute atomic E-state index is 6.41. The highest BCUT2D eigenvalue weighted by molar-refractivity contribution is 5.87. The van der Waals surface area contributed by atoms with E-state index in [4.69, 9.17) is 15.7 Å². The van der Waals surface area contributed by atoms with Crippen molar-refractivity contribution in [2.75, 3.05) is 23.7 Å². The van der Waals surface area contributed by atoms with Crippen LogP contribution in [0.1, 0.15) is 29.5 Å². The second-order valence-electron chi connectivity index (χ2n) is 9.93. The molecule has 4 aromatic heterocycles. The summed E-state index contributed by atoms with van der Waals surface area (Å²) >= 11 is 0. The van der Waals surface area contributed by atoms with E-state index in [0.29, 0.717) is 29.2 Å². The number of aryl methyl sites for hydroxylation is 1. The maximum Gasteiger partial charge on any atom is 0.162 e. The van der Waals surface area contributed by atoms with Crippen LogP contribution in [0.4, 0.5) is 11.6 Å². The molecule has 2 bridgehead atoms. The Kier molecular flexibility index (Phi) is 4.85. The summed E-state index contributed by atoms with van der Waals surface area (Å²) in [7, 11) is 0. The standard InChI is InChI=1S/C27H27N9/c1-16-10-19(3-2-18(16)11-17-8-9-36-24(12-17)29-15-30-36)27-32-22-6-7-23(33-25(22)26(28)34-27)35-13-20-4-5-21(14-35)31-20/h2-3,6-10,12,15,20-21,31H,4-5,11,13-14H2,1H3,(H2,28,32,34). The number of benzene rings is 1. The van der Waals surface area contributed by atoms with Crippen LogP contribution in [0.2, 0.25) is 0 Å². The number of piperazine rings is 1. The van der Waals surface area contributed by atoms with Gasteiger partial charge >= 0.3 is 0 Å². The number of anilines is 2. The zero-order valence-corrected chi connectivity index (χ0v) is 20.1. The van der Waals surface area contributed by atoms with Gasteiger partial charge in [0.25, 0.3) is 0 Å². The van der Waals surface area contributed by atoms with Crippen molar-refractivity contribution in [1.29, 1.82) is 0 Å². The Balaban J connectivity index is 1.16. The van der Waals surface area contributed by atoms with Crippen LogP contribution in [-0.2, 0) is 6.42 Å². The summed E-state index contributed by atoms with van der Waals surface area (Å²) in [4.78, 5) is 21.0. The Hall–Kier alpha value is -4.11. The SMILES string of the molecule is Cc1cc(-c2nc(N)c3nc(N4CC5CCC(C4)N5)ccc3n2)ccc1Cc1ccn2ncnc2c1. The molecule has 9 nitrogen and oxygen atoms in total. The lowest BCUT2D eigenvalue weighted by molar-refractivity contribution is 0.464. The molecular weight excluding hydrogens is 450 g/mol. The molecule has 2 saturated heterocycles. The number of rotatable bonds is 4. The molecule has 2 unspecified atom stereocenters. The minimum absolute atomic E-state index is 0.415. The molecule has 0 aliphatic carbocycles. The van der Waals surface area contributed by atoms with Crippen molar-refractivity contribution in [1.82, 2.24) is 34.9 Å². The molecule has 0 saturated carbocycles. The first-order valence-corrected chi connectivity index (χ1v) is 12.4. The summed E-state index contributed by atoms with van der Waals surface area (Å²) in [6, 6.07) is 15.7. The fraction of sp³-hybridized carbons (Fsp3) is 0.296. The molecule has 7 rings (SSSR count). The van der Waals surface area contributed by atoms with Crippen LogP contribution in [-0.4, -0.2) is 54.7 Å². The third-order valence-corrected chi connectivity index (χ3v) is 7.44. The highest BCUT2D eigenvalue weighted by Crippen LogP contribution is 2.29. The third-order valence-electron chi connectivity index (χ3n) is 7.44. The molecule has 2 aliphatic rings. The van der Waals surface area contributed by atoms with Crippen molar-refractivity contribution in [3.63, 3.8) is 0 Å². The molecule has 9 heteroatoms. The monoisotopic (exact) mass is 477 g/mol. The van der Waals surface area contributed by atoms with Gasteiger partial charge in [-0.3, -0.25) is 0 Å². The van der Waals surface area contributed by atoms with E-state index >= 15 is 0 Å². The average Bonchev–Trinajstić information content (AvgIpc) is 3.49. The molecule has 0 amide bonds. The van der Waals surface area contributed by atoms with Crippen LogP contribution >= 0.6 is 0 Å². The third kappa shape index (κ3) is 3.72. The molecule has 6 heterocycles. The lowest BCUT2D eigenvalue weighted by Crippen LogP contribution is -2.51. The van der Waals surface area contributed by atoms with Gasteiger partial charge in [-0.1, -0.05) is 12.1 Å². The van der Waals surface area contributed by atoms with E-state index in [1.807, 2.05) is 12.3 Å². The number of nitrogens with two attached hydrogens (primary N) is 1. The summed E-state index contributed by atoms with van der Waals surface area (Å²) in [5.74, 6) is 1.99. The van der Waals surface area contributed by atoms with E-state index in [0.717, 1.165) is 42.1 Å². The summed E-state index contributed by atoms with van der Waals surface area (Å²) in [5.41, 5.74) is 13.2. The van der Waals surface area contributed by atoms with Gasteiger partial charge in [-0.05, 0) is 73.2 Å². The zero-order chi connectivity index (χ0) is 24.2. The molecule has 0 radical (unpaired) electrons. The van der Waals surface area contributed by atoms with Gasteiger partial charge in [-0.25, -0.2) is 24.5 Å². The highest BCUT2D eigenvalue weighted by Gasteiger charge is 2.32. The quantitative estimate of drug-likeness (QED) is 0.406. The first-order valence-electron chi connectivity index (χ1n) is 12.4. The summed E-state index contributed by atoms with van der Waals surface area (Å²) < 4.78 is 1.77. The summed E-state index contributed by atoms with van der Waals surface area (Å²) in [6.45, 7) is 4.08. The van der Waals surface area contributed by atoms with Gasteiger partial charge in [-0.15, -0.1) is 0 Å². The minimum Gasteiger partial charge on any atom is -0.382 e. The zero-order valence-electron chi connectivity index (χ0n) is 20.1. The first kappa shape index (κ1) is 21.2. The normalized spacial score (nSPS) is 19.4. The topological polar surface area (TPSA) is 110 Å². The molecule has 1 aromatic carbocycles. The second-order valence-corrected chi connectivity index (χ2v) is 9.93. The van der Waals surface area contributed by atoms with Crippen molar-refractivity contribution in [2.24, 2.45) is 0 Å². The number of aromatic nitrogens is 6. The van der Waals surface area contributed by atoms with Crippen LogP contribution in [0.5, 0.6) is 0 Å². The predicted octanol–water partition coefficient (Wildman–Crippen LogP) is 3.16. The Morgan fingerprint density at radius 1 is 1.00 bits per heavy atom. The fourth-order valence-corrected chi connectivity index (χ4v) is 5.54. The van der Waals surface area contributed by atoms with Crippen LogP contribution in [0.3, 0.4) is 0 Å². The van der Waals surface area contributed by atoms with Gasteiger partial charge < -0.3 is 16.0 Å². The minimum atomic E-state index is 0.415. The summed E-state index contributed by atoms with van der Waals surface area (Å²) in [5, 5.41) is 7.83. The van der Waals surface area contributed by atoms with Crippen molar-refractivity contribution in [3.05, 3.63) is 71.7 Å².